The van der Waals surface area contributed by atoms with Gasteiger partial charge in [0, 0.05) is 45.0 Å². The summed E-state index contributed by atoms with van der Waals surface area (Å²) in [5, 5.41) is 4.72. The zero-order valence-electron chi connectivity index (χ0n) is 20.7. The van der Waals surface area contributed by atoms with E-state index in [9.17, 15) is 8.42 Å². The van der Waals surface area contributed by atoms with Gasteiger partial charge in [0.1, 0.15) is 11.3 Å². The van der Waals surface area contributed by atoms with Crippen molar-refractivity contribution in [2.75, 3.05) is 39.8 Å². The molecule has 0 aliphatic carbocycles. The van der Waals surface area contributed by atoms with Gasteiger partial charge in [0.15, 0.2) is 5.65 Å². The first kappa shape index (κ1) is 23.8. The third-order valence-corrected chi connectivity index (χ3v) is 8.49. The maximum absolute atomic E-state index is 13.5. The van der Waals surface area contributed by atoms with E-state index in [0.717, 1.165) is 35.2 Å². The average Bonchev–Trinajstić information content (AvgIpc) is 3.44. The van der Waals surface area contributed by atoms with Gasteiger partial charge in [0.2, 0.25) is 10.0 Å². The second-order valence-electron chi connectivity index (χ2n) is 9.01. The van der Waals surface area contributed by atoms with Gasteiger partial charge in [-0.05, 0) is 50.7 Å². The predicted octanol–water partition coefficient (Wildman–Crippen LogP) is 3.18. The minimum absolute atomic E-state index is 0.257. The summed E-state index contributed by atoms with van der Waals surface area (Å²) in [6, 6.07) is 9.07. The van der Waals surface area contributed by atoms with Gasteiger partial charge >= 0.3 is 0 Å². The highest BCUT2D eigenvalue weighted by molar-refractivity contribution is 7.89. The van der Waals surface area contributed by atoms with Crippen molar-refractivity contribution in [1.29, 1.82) is 0 Å². The molecule has 5 rings (SSSR count). The summed E-state index contributed by atoms with van der Waals surface area (Å²) < 4.78 is 38.5. The number of fused-ring (bicyclic) bond motifs is 3. The Hall–Kier alpha value is -2.95. The Morgan fingerprint density at radius 2 is 1.83 bits per heavy atom. The van der Waals surface area contributed by atoms with Gasteiger partial charge in [-0.1, -0.05) is 13.3 Å². The fraction of sp³-hybridized carbons (Fsp3) is 0.440. The molecule has 1 aliphatic heterocycles. The summed E-state index contributed by atoms with van der Waals surface area (Å²) in [6.45, 7) is 6.89. The van der Waals surface area contributed by atoms with Crippen molar-refractivity contribution in [3.63, 3.8) is 0 Å². The van der Waals surface area contributed by atoms with Gasteiger partial charge in [0.25, 0.3) is 0 Å². The zero-order valence-corrected chi connectivity index (χ0v) is 21.5. The van der Waals surface area contributed by atoms with Crippen molar-refractivity contribution >= 4 is 26.7 Å². The number of benzene rings is 1. The molecular formula is C25H32N6O3S. The zero-order chi connectivity index (χ0) is 24.7. The normalized spacial score (nSPS) is 15.9. The Labute approximate surface area is 206 Å². The molecule has 9 nitrogen and oxygen atoms in total. The number of sulfonamides is 1. The molecule has 3 aromatic heterocycles. The molecule has 0 unspecified atom stereocenters. The van der Waals surface area contributed by atoms with Crippen LogP contribution in [0.25, 0.3) is 27.9 Å². The Morgan fingerprint density at radius 3 is 2.54 bits per heavy atom. The lowest BCUT2D eigenvalue weighted by Gasteiger charge is -2.31. The van der Waals surface area contributed by atoms with Gasteiger partial charge in [-0.15, -0.1) is 0 Å². The summed E-state index contributed by atoms with van der Waals surface area (Å²) in [4.78, 5) is 7.47. The van der Waals surface area contributed by atoms with Crippen LogP contribution in [-0.2, 0) is 23.5 Å². The summed E-state index contributed by atoms with van der Waals surface area (Å²) in [5.74, 6) is 0.612. The average molecular weight is 497 g/mol. The van der Waals surface area contributed by atoms with E-state index >= 15 is 0 Å². The van der Waals surface area contributed by atoms with Gasteiger partial charge < -0.3 is 9.64 Å². The number of aryl methyl sites for hydroxylation is 2. The van der Waals surface area contributed by atoms with E-state index in [1.807, 2.05) is 44.0 Å². The maximum Gasteiger partial charge on any atom is 0.243 e. The van der Waals surface area contributed by atoms with Crippen molar-refractivity contribution in [3.8, 4) is 17.0 Å². The number of piperazine rings is 1. The van der Waals surface area contributed by atoms with Crippen LogP contribution in [0.3, 0.4) is 0 Å². The first-order valence-electron chi connectivity index (χ1n) is 12.1. The lowest BCUT2D eigenvalue weighted by atomic mass is 10.1. The third kappa shape index (κ3) is 4.09. The first-order chi connectivity index (χ1) is 16.8. The number of aromatic nitrogens is 4. The highest BCUT2D eigenvalue weighted by Gasteiger charge is 2.29. The van der Waals surface area contributed by atoms with E-state index in [4.69, 9.17) is 14.8 Å². The van der Waals surface area contributed by atoms with Crippen LogP contribution in [0.15, 0.2) is 41.4 Å². The number of ether oxygens (including phenoxy) is 1. The van der Waals surface area contributed by atoms with E-state index in [-0.39, 0.29) is 4.90 Å². The van der Waals surface area contributed by atoms with Crippen LogP contribution in [0.2, 0.25) is 0 Å². The van der Waals surface area contributed by atoms with Crippen LogP contribution in [0, 0.1) is 0 Å². The number of hydrogen-bond donors (Lipinski definition) is 0. The highest BCUT2D eigenvalue weighted by atomic mass is 32.2. The molecular weight excluding hydrogens is 464 g/mol. The van der Waals surface area contributed by atoms with Crippen LogP contribution >= 0.6 is 0 Å². The molecule has 0 spiro atoms. The molecule has 0 saturated carbocycles. The summed E-state index contributed by atoms with van der Waals surface area (Å²) >= 11 is 0. The Balaban J connectivity index is 1.72. The molecule has 1 aliphatic rings. The number of likely N-dealkylation sites (N-methyl/N-ethyl adjacent to an activating group) is 1. The van der Waals surface area contributed by atoms with Crippen LogP contribution in [0.1, 0.15) is 26.0 Å². The number of hydrogen-bond acceptors (Lipinski definition) is 6. The van der Waals surface area contributed by atoms with Crippen LogP contribution in [-0.4, -0.2) is 76.6 Å². The van der Waals surface area contributed by atoms with Gasteiger partial charge in [-0.25, -0.2) is 18.1 Å². The molecule has 35 heavy (non-hydrogen) atoms. The standard InChI is InChI=1S/C25H32N6O3S/c1-5-8-20-24-25(29(4)27-20)31-12-7-9-21(31)23(26-24)19-17-18(10-11-22(19)34-6-2)35(32,33)30-15-13-28(3)14-16-30/h7,9-12,17H,5-6,8,13-16H2,1-4H3. The van der Waals surface area contributed by atoms with Crippen LogP contribution in [0.5, 0.6) is 5.75 Å². The first-order valence-corrected chi connectivity index (χ1v) is 13.6. The Kier molecular flexibility index (Phi) is 6.29. The third-order valence-electron chi connectivity index (χ3n) is 6.60. The molecule has 0 atom stereocenters. The van der Waals surface area contributed by atoms with Crippen LogP contribution < -0.4 is 4.74 Å². The quantitative estimate of drug-likeness (QED) is 0.391. The molecule has 1 aromatic carbocycles. The molecule has 4 heterocycles. The van der Waals surface area contributed by atoms with Crippen molar-refractivity contribution in [1.82, 2.24) is 28.4 Å². The molecule has 1 saturated heterocycles. The topological polar surface area (TPSA) is 85.0 Å². The van der Waals surface area contributed by atoms with Crippen molar-refractivity contribution in [2.45, 2.75) is 31.6 Å². The minimum atomic E-state index is -3.64. The SMILES string of the molecule is CCCc1nn(C)c2c1nc(-c1cc(S(=O)(=O)N3CCN(C)CC3)ccc1OCC)c1cccn12. The lowest BCUT2D eigenvalue weighted by Crippen LogP contribution is -2.47. The number of rotatable bonds is 7. The van der Waals surface area contributed by atoms with Crippen LogP contribution in [0.4, 0.5) is 0 Å². The van der Waals surface area contributed by atoms with E-state index in [2.05, 4.69) is 16.2 Å². The van der Waals surface area contributed by atoms with Crippen molar-refractivity contribution in [2.24, 2.45) is 7.05 Å². The molecule has 0 bridgehead atoms. The lowest BCUT2D eigenvalue weighted by molar-refractivity contribution is 0.222. The van der Waals surface area contributed by atoms with Gasteiger partial charge in [-0.2, -0.15) is 9.40 Å². The minimum Gasteiger partial charge on any atom is -0.493 e. The van der Waals surface area contributed by atoms with E-state index in [1.54, 1.807) is 22.5 Å². The second kappa shape index (κ2) is 9.25. The van der Waals surface area contributed by atoms with E-state index in [0.29, 0.717) is 49.8 Å². The molecule has 0 radical (unpaired) electrons. The Bertz CT molecular complexity index is 1480. The molecule has 0 amide bonds. The molecule has 10 heteroatoms. The molecule has 0 N–H and O–H groups in total. The fourth-order valence-electron chi connectivity index (χ4n) is 4.79. The van der Waals surface area contributed by atoms with Crippen molar-refractivity contribution in [3.05, 3.63) is 42.2 Å². The fourth-order valence-corrected chi connectivity index (χ4v) is 6.24. The number of nitrogens with zero attached hydrogens (tertiary/aromatic N) is 6. The second-order valence-corrected chi connectivity index (χ2v) is 11.0. The van der Waals surface area contributed by atoms with E-state index < -0.39 is 10.0 Å². The molecule has 4 aromatic rings. The predicted molar refractivity (Wildman–Crippen MR) is 136 cm³/mol. The summed E-state index contributed by atoms with van der Waals surface area (Å²) in [7, 11) is 0.294. The summed E-state index contributed by atoms with van der Waals surface area (Å²) in [5.41, 5.74) is 4.89. The van der Waals surface area contributed by atoms with E-state index in [1.165, 1.54) is 0 Å². The maximum atomic E-state index is 13.5. The van der Waals surface area contributed by atoms with Gasteiger partial charge in [-0.3, -0.25) is 4.40 Å². The van der Waals surface area contributed by atoms with Crippen molar-refractivity contribution < 1.29 is 13.2 Å². The monoisotopic (exact) mass is 496 g/mol. The van der Waals surface area contributed by atoms with Gasteiger partial charge in [0.05, 0.1) is 28.4 Å². The Morgan fingerprint density at radius 1 is 1.06 bits per heavy atom. The highest BCUT2D eigenvalue weighted by Crippen LogP contribution is 2.37. The summed E-state index contributed by atoms with van der Waals surface area (Å²) in [6.07, 6.45) is 3.76. The molecule has 186 valence electrons. The smallest absolute Gasteiger partial charge is 0.243 e. The largest absolute Gasteiger partial charge is 0.493 e. The molecule has 1 fully saturated rings.